The van der Waals surface area contributed by atoms with E-state index in [0.717, 1.165) is 11.3 Å². The van der Waals surface area contributed by atoms with Crippen LogP contribution in [0.25, 0.3) is 0 Å². The molecule has 7 heteroatoms. The Morgan fingerprint density at radius 2 is 1.84 bits per heavy atom. The molecule has 1 saturated heterocycles. The Labute approximate surface area is 156 Å². The van der Waals surface area contributed by atoms with Crippen LogP contribution in [-0.4, -0.2) is 48.0 Å². The highest BCUT2D eigenvalue weighted by molar-refractivity contribution is 6.64. The van der Waals surface area contributed by atoms with Crippen molar-refractivity contribution in [3.8, 4) is 0 Å². The SMILES string of the molecule is CC(=O)N1CCN(c2c(Cl)cccc2[C@H]2C[C@@H](C(=O)Cl)CC2=O)CC1. The molecule has 0 spiro atoms. The van der Waals surface area contributed by atoms with Gasteiger partial charge in [0.25, 0.3) is 0 Å². The molecule has 0 bridgehead atoms. The first-order chi connectivity index (χ1) is 11.9. The zero-order valence-corrected chi connectivity index (χ0v) is 15.5. The number of hydrogen-bond donors (Lipinski definition) is 0. The fourth-order valence-corrected chi connectivity index (χ4v) is 4.22. The van der Waals surface area contributed by atoms with Gasteiger partial charge in [-0.25, -0.2) is 0 Å². The lowest BCUT2D eigenvalue weighted by atomic mass is 9.93. The summed E-state index contributed by atoms with van der Waals surface area (Å²) < 4.78 is 0. The number of halogens is 2. The predicted molar refractivity (Wildman–Crippen MR) is 97.3 cm³/mol. The normalized spacial score (nSPS) is 23.9. The molecular weight excluding hydrogens is 363 g/mol. The third-order valence-corrected chi connectivity index (χ3v) is 5.73. The van der Waals surface area contributed by atoms with Crippen LogP contribution < -0.4 is 4.90 Å². The molecule has 2 aliphatic rings. The fourth-order valence-electron chi connectivity index (χ4n) is 3.75. The van der Waals surface area contributed by atoms with Crippen LogP contribution in [0.4, 0.5) is 5.69 Å². The second kappa shape index (κ2) is 7.34. The first-order valence-corrected chi connectivity index (χ1v) is 9.15. The van der Waals surface area contributed by atoms with Crippen LogP contribution in [-0.2, 0) is 14.4 Å². The summed E-state index contributed by atoms with van der Waals surface area (Å²) in [6, 6.07) is 5.54. The van der Waals surface area contributed by atoms with E-state index in [2.05, 4.69) is 4.90 Å². The molecule has 1 heterocycles. The average molecular weight is 383 g/mol. The highest BCUT2D eigenvalue weighted by Crippen LogP contribution is 2.43. The van der Waals surface area contributed by atoms with Crippen LogP contribution in [0.2, 0.25) is 5.02 Å². The number of benzene rings is 1. The van der Waals surface area contributed by atoms with Crippen LogP contribution in [0, 0.1) is 5.92 Å². The molecule has 0 aromatic heterocycles. The lowest BCUT2D eigenvalue weighted by Gasteiger charge is -2.37. The zero-order valence-electron chi connectivity index (χ0n) is 14.0. The first-order valence-electron chi connectivity index (χ1n) is 8.39. The van der Waals surface area contributed by atoms with E-state index in [9.17, 15) is 14.4 Å². The molecule has 1 aromatic rings. The quantitative estimate of drug-likeness (QED) is 0.754. The van der Waals surface area contributed by atoms with Crippen molar-refractivity contribution in [2.45, 2.75) is 25.7 Å². The van der Waals surface area contributed by atoms with Gasteiger partial charge in [0, 0.05) is 51.4 Å². The summed E-state index contributed by atoms with van der Waals surface area (Å²) in [5, 5.41) is 0.136. The molecule has 1 aromatic carbocycles. The third kappa shape index (κ3) is 3.67. The molecule has 1 amide bonds. The Kier molecular flexibility index (Phi) is 5.35. The number of para-hydroxylation sites is 1. The number of Topliss-reactive ketones (excluding diaryl/α,β-unsaturated/α-hetero) is 1. The zero-order chi connectivity index (χ0) is 18.1. The summed E-state index contributed by atoms with van der Waals surface area (Å²) in [6.45, 7) is 4.14. The molecule has 1 saturated carbocycles. The second-order valence-corrected chi connectivity index (χ2v) is 7.41. The molecule has 1 aliphatic heterocycles. The number of hydrogen-bond acceptors (Lipinski definition) is 4. The van der Waals surface area contributed by atoms with E-state index in [0.29, 0.717) is 37.6 Å². The van der Waals surface area contributed by atoms with Gasteiger partial charge in [-0.2, -0.15) is 0 Å². The van der Waals surface area contributed by atoms with Crippen molar-refractivity contribution in [2.24, 2.45) is 5.92 Å². The minimum absolute atomic E-state index is 0.0323. The first kappa shape index (κ1) is 18.2. The summed E-state index contributed by atoms with van der Waals surface area (Å²) >= 11 is 12.1. The Hall–Kier alpha value is -1.59. The number of carbonyl (C=O) groups is 3. The molecule has 2 fully saturated rings. The van der Waals surface area contributed by atoms with Crippen molar-refractivity contribution < 1.29 is 14.4 Å². The monoisotopic (exact) mass is 382 g/mol. The minimum atomic E-state index is -0.450. The van der Waals surface area contributed by atoms with Gasteiger partial charge in [0.1, 0.15) is 5.78 Å². The molecular formula is C18H20Cl2N2O3. The molecule has 0 unspecified atom stereocenters. The highest BCUT2D eigenvalue weighted by Gasteiger charge is 2.39. The van der Waals surface area contributed by atoms with Gasteiger partial charge in [-0.1, -0.05) is 23.7 Å². The third-order valence-electron chi connectivity index (χ3n) is 5.11. The molecule has 0 radical (unpaired) electrons. The second-order valence-electron chi connectivity index (χ2n) is 6.63. The standard InChI is InChI=1S/C18H20Cl2N2O3/c1-11(23)21-5-7-22(8-6-21)17-13(3-2-4-15(17)19)14-9-12(18(20)25)10-16(14)24/h2-4,12,14H,5-10H2,1H3/t12-,14-/m1/s1. The van der Waals surface area contributed by atoms with E-state index < -0.39 is 11.2 Å². The molecule has 0 N–H and O–H groups in total. The molecule has 134 valence electrons. The van der Waals surface area contributed by atoms with Crippen molar-refractivity contribution in [3.63, 3.8) is 0 Å². The van der Waals surface area contributed by atoms with Gasteiger partial charge in [-0.05, 0) is 29.7 Å². The predicted octanol–water partition coefficient (Wildman–Crippen LogP) is 2.84. The van der Waals surface area contributed by atoms with Crippen LogP contribution in [0.5, 0.6) is 0 Å². The number of piperazine rings is 1. The summed E-state index contributed by atoms with van der Waals surface area (Å²) in [5.74, 6) is -0.675. The molecule has 3 rings (SSSR count). The molecule has 5 nitrogen and oxygen atoms in total. The molecule has 2 atom stereocenters. The lowest BCUT2D eigenvalue weighted by molar-refractivity contribution is -0.129. The van der Waals surface area contributed by atoms with Gasteiger partial charge >= 0.3 is 0 Å². The largest absolute Gasteiger partial charge is 0.367 e. The van der Waals surface area contributed by atoms with E-state index >= 15 is 0 Å². The number of rotatable bonds is 3. The summed E-state index contributed by atoms with van der Waals surface area (Å²) in [5.41, 5.74) is 1.70. The number of anilines is 1. The number of ketones is 1. The van der Waals surface area contributed by atoms with Crippen molar-refractivity contribution in [1.82, 2.24) is 4.90 Å². The van der Waals surface area contributed by atoms with Gasteiger partial charge in [-0.15, -0.1) is 0 Å². The van der Waals surface area contributed by atoms with E-state index in [1.54, 1.807) is 17.9 Å². The Bertz CT molecular complexity index is 714. The fraction of sp³-hybridized carbons (Fsp3) is 0.500. The number of carbonyl (C=O) groups excluding carboxylic acids is 3. The topological polar surface area (TPSA) is 57.7 Å². The molecule has 1 aliphatic carbocycles. The number of amides is 1. The van der Waals surface area contributed by atoms with Crippen LogP contribution in [0.3, 0.4) is 0 Å². The van der Waals surface area contributed by atoms with Gasteiger partial charge in [0.2, 0.25) is 11.1 Å². The maximum Gasteiger partial charge on any atom is 0.225 e. The minimum Gasteiger partial charge on any atom is -0.367 e. The van der Waals surface area contributed by atoms with Crippen molar-refractivity contribution in [2.75, 3.05) is 31.1 Å². The smallest absolute Gasteiger partial charge is 0.225 e. The Morgan fingerprint density at radius 1 is 1.16 bits per heavy atom. The maximum atomic E-state index is 12.5. The van der Waals surface area contributed by atoms with Gasteiger partial charge in [0.15, 0.2) is 0 Å². The van der Waals surface area contributed by atoms with E-state index in [4.69, 9.17) is 23.2 Å². The highest BCUT2D eigenvalue weighted by atomic mass is 35.5. The van der Waals surface area contributed by atoms with E-state index in [1.165, 1.54) is 0 Å². The number of nitrogens with zero attached hydrogens (tertiary/aromatic N) is 2. The van der Waals surface area contributed by atoms with Crippen molar-refractivity contribution >= 4 is 45.8 Å². The van der Waals surface area contributed by atoms with Crippen LogP contribution in [0.15, 0.2) is 18.2 Å². The van der Waals surface area contributed by atoms with E-state index in [-0.39, 0.29) is 24.0 Å². The van der Waals surface area contributed by atoms with Gasteiger partial charge in [-0.3, -0.25) is 14.4 Å². The Morgan fingerprint density at radius 3 is 2.40 bits per heavy atom. The average Bonchev–Trinajstić information content (AvgIpc) is 2.97. The van der Waals surface area contributed by atoms with Gasteiger partial charge < -0.3 is 9.80 Å². The Balaban J connectivity index is 1.87. The maximum absolute atomic E-state index is 12.5. The van der Waals surface area contributed by atoms with Crippen LogP contribution >= 0.6 is 23.2 Å². The molecule has 25 heavy (non-hydrogen) atoms. The van der Waals surface area contributed by atoms with Crippen molar-refractivity contribution in [3.05, 3.63) is 28.8 Å². The van der Waals surface area contributed by atoms with Crippen LogP contribution in [0.1, 0.15) is 31.2 Å². The van der Waals surface area contributed by atoms with Gasteiger partial charge in [0.05, 0.1) is 10.7 Å². The summed E-state index contributed by atoms with van der Waals surface area (Å²) in [4.78, 5) is 39.4. The lowest BCUT2D eigenvalue weighted by Crippen LogP contribution is -2.48. The van der Waals surface area contributed by atoms with Crippen molar-refractivity contribution in [1.29, 1.82) is 0 Å². The summed E-state index contributed by atoms with van der Waals surface area (Å²) in [6.07, 6.45) is 0.624. The van der Waals surface area contributed by atoms with E-state index in [1.807, 2.05) is 12.1 Å². The summed E-state index contributed by atoms with van der Waals surface area (Å²) in [7, 11) is 0.